The number of nitrogens with one attached hydrogen (secondary N) is 2. The third-order valence-corrected chi connectivity index (χ3v) is 9.14. The van der Waals surface area contributed by atoms with Gasteiger partial charge in [0.15, 0.2) is 0 Å². The van der Waals surface area contributed by atoms with Gasteiger partial charge in [-0.05, 0) is 68.1 Å². The second-order valence-corrected chi connectivity index (χ2v) is 11.2. The molecule has 36 heavy (non-hydrogen) atoms. The highest BCUT2D eigenvalue weighted by Crippen LogP contribution is 2.66. The van der Waals surface area contributed by atoms with Crippen LogP contribution in [0.5, 0.6) is 0 Å². The van der Waals surface area contributed by atoms with Crippen molar-refractivity contribution in [1.82, 2.24) is 15.5 Å². The van der Waals surface area contributed by atoms with Crippen molar-refractivity contribution in [2.45, 2.75) is 88.8 Å². The molecular weight excluding hydrogens is 456 g/mol. The van der Waals surface area contributed by atoms with Gasteiger partial charge in [0, 0.05) is 19.5 Å². The summed E-state index contributed by atoms with van der Waals surface area (Å²) in [5.74, 6) is 0.902. The smallest absolute Gasteiger partial charge is 0.289 e. The van der Waals surface area contributed by atoms with Crippen LogP contribution in [0, 0.1) is 35.5 Å². The molecule has 0 radical (unpaired) electrons. The summed E-state index contributed by atoms with van der Waals surface area (Å²) in [7, 11) is 0. The number of fused-ring (bicyclic) bond motifs is 2. The van der Waals surface area contributed by atoms with Crippen LogP contribution in [0.3, 0.4) is 0 Å². The fourth-order valence-electron chi connectivity index (χ4n) is 6.95. The van der Waals surface area contributed by atoms with Gasteiger partial charge in [-0.15, -0.1) is 18.9 Å². The van der Waals surface area contributed by atoms with Crippen LogP contribution in [0.4, 0.5) is 0 Å². The van der Waals surface area contributed by atoms with Gasteiger partial charge >= 0.3 is 0 Å². The van der Waals surface area contributed by atoms with Gasteiger partial charge in [-0.1, -0.05) is 25.3 Å². The molecule has 8 heteroatoms. The van der Waals surface area contributed by atoms with Gasteiger partial charge in [0.2, 0.25) is 17.6 Å². The highest BCUT2D eigenvalue weighted by atomic mass is 16.2. The van der Waals surface area contributed by atoms with E-state index in [9.17, 15) is 19.2 Å². The number of rotatable bonds is 10. The molecule has 1 unspecified atom stereocenters. The van der Waals surface area contributed by atoms with Crippen LogP contribution >= 0.6 is 0 Å². The third kappa shape index (κ3) is 5.22. The Balaban J connectivity index is 1.53. The maximum Gasteiger partial charge on any atom is 0.289 e. The first-order valence-corrected chi connectivity index (χ1v) is 13.6. The molecule has 8 nitrogen and oxygen atoms in total. The van der Waals surface area contributed by atoms with E-state index in [0.717, 1.165) is 51.4 Å². The molecule has 0 aromatic rings. The number of amides is 3. The van der Waals surface area contributed by atoms with E-state index in [2.05, 4.69) is 23.1 Å². The van der Waals surface area contributed by atoms with Crippen molar-refractivity contribution >= 4 is 23.5 Å². The molecular formula is C28H40N4O4. The standard InChI is InChI=1S/C28H40N4O4/c1-3-5-11-21(24(33)26(35)30-16-4-2)31-25(34)23-19-12-13-28(14-15-28)20(19)17-32(23)27(36)22(29)18-9-7-6-8-10-18/h1,4,18-23H,2,5-17,29H2,(H,30,35)(H,31,34)/t19-,20-,21?,22-,23-/m0/s1. The quantitative estimate of drug-likeness (QED) is 0.241. The van der Waals surface area contributed by atoms with Crippen molar-refractivity contribution in [2.75, 3.05) is 13.1 Å². The van der Waals surface area contributed by atoms with Crippen LogP contribution in [0.15, 0.2) is 12.7 Å². The summed E-state index contributed by atoms with van der Waals surface area (Å²) >= 11 is 0. The molecule has 1 heterocycles. The van der Waals surface area contributed by atoms with E-state index in [-0.39, 0.29) is 54.4 Å². The molecule has 1 aliphatic heterocycles. The number of terminal acetylenes is 1. The maximum atomic E-state index is 13.8. The Kier molecular flexibility index (Phi) is 8.19. The number of carbonyl (C=O) groups is 4. The van der Waals surface area contributed by atoms with E-state index >= 15 is 0 Å². The van der Waals surface area contributed by atoms with Gasteiger partial charge in [-0.25, -0.2) is 0 Å². The molecule has 1 saturated heterocycles. The lowest BCUT2D eigenvalue weighted by molar-refractivity contribution is -0.143. The zero-order chi connectivity index (χ0) is 25.9. The number of nitrogens with two attached hydrogens (primary N) is 1. The Hall–Kier alpha value is -2.66. The van der Waals surface area contributed by atoms with E-state index in [1.807, 2.05) is 0 Å². The molecule has 3 aliphatic carbocycles. The predicted octanol–water partition coefficient (Wildman–Crippen LogP) is 1.68. The molecule has 4 fully saturated rings. The van der Waals surface area contributed by atoms with Crippen LogP contribution in [0.1, 0.15) is 70.6 Å². The molecule has 3 amide bonds. The average Bonchev–Trinajstić information content (AvgIpc) is 3.47. The van der Waals surface area contributed by atoms with Gasteiger partial charge < -0.3 is 21.3 Å². The Morgan fingerprint density at radius 3 is 2.50 bits per heavy atom. The van der Waals surface area contributed by atoms with Crippen LogP contribution < -0.4 is 16.4 Å². The number of hydrogen-bond donors (Lipinski definition) is 3. The Morgan fingerprint density at radius 1 is 1.14 bits per heavy atom. The van der Waals surface area contributed by atoms with E-state index < -0.39 is 29.8 Å². The Morgan fingerprint density at radius 2 is 1.86 bits per heavy atom. The fourth-order valence-corrected chi connectivity index (χ4v) is 6.95. The van der Waals surface area contributed by atoms with E-state index in [1.54, 1.807) is 4.90 Å². The second kappa shape index (κ2) is 11.2. The monoisotopic (exact) mass is 496 g/mol. The van der Waals surface area contributed by atoms with E-state index in [0.29, 0.717) is 6.54 Å². The van der Waals surface area contributed by atoms with Crippen molar-refractivity contribution in [3.8, 4) is 12.3 Å². The highest BCUT2D eigenvalue weighted by molar-refractivity contribution is 6.38. The van der Waals surface area contributed by atoms with Gasteiger partial charge in [0.25, 0.3) is 5.91 Å². The summed E-state index contributed by atoms with van der Waals surface area (Å²) in [5, 5.41) is 5.28. The summed E-state index contributed by atoms with van der Waals surface area (Å²) < 4.78 is 0. The highest BCUT2D eigenvalue weighted by Gasteiger charge is 2.63. The van der Waals surface area contributed by atoms with Crippen molar-refractivity contribution in [1.29, 1.82) is 0 Å². The molecule has 5 atom stereocenters. The molecule has 0 bridgehead atoms. The number of carbonyl (C=O) groups excluding carboxylic acids is 4. The minimum atomic E-state index is -1.04. The summed E-state index contributed by atoms with van der Waals surface area (Å²) in [5.41, 5.74) is 6.76. The zero-order valence-corrected chi connectivity index (χ0v) is 21.2. The van der Waals surface area contributed by atoms with Crippen molar-refractivity contribution in [2.24, 2.45) is 28.9 Å². The lowest BCUT2D eigenvalue weighted by atomic mass is 9.83. The largest absolute Gasteiger partial charge is 0.346 e. The topological polar surface area (TPSA) is 122 Å². The summed E-state index contributed by atoms with van der Waals surface area (Å²) in [6.45, 7) is 4.23. The normalized spacial score (nSPS) is 28.0. The molecule has 0 aromatic carbocycles. The van der Waals surface area contributed by atoms with E-state index in [1.165, 1.54) is 12.5 Å². The van der Waals surface area contributed by atoms with E-state index in [4.69, 9.17) is 12.2 Å². The van der Waals surface area contributed by atoms with Crippen LogP contribution in [0.25, 0.3) is 0 Å². The maximum absolute atomic E-state index is 13.8. The first-order chi connectivity index (χ1) is 17.3. The third-order valence-electron chi connectivity index (χ3n) is 9.14. The molecule has 4 rings (SSSR count). The van der Waals surface area contributed by atoms with Crippen molar-refractivity contribution in [3.63, 3.8) is 0 Å². The Bertz CT molecular complexity index is 930. The number of nitrogens with zero attached hydrogens (tertiary/aromatic N) is 1. The number of likely N-dealkylation sites (tertiary alicyclic amines) is 1. The molecule has 3 saturated carbocycles. The number of Topliss-reactive ketones (excluding diaryl/α,β-unsaturated/α-hetero) is 1. The first kappa shape index (κ1) is 26.4. The minimum Gasteiger partial charge on any atom is -0.346 e. The van der Waals surface area contributed by atoms with Gasteiger partial charge in [0.05, 0.1) is 12.1 Å². The molecule has 1 spiro atoms. The lowest BCUT2D eigenvalue weighted by Crippen LogP contribution is -2.57. The molecule has 0 aromatic heterocycles. The average molecular weight is 497 g/mol. The SMILES string of the molecule is C#CCCC(NC(=O)[C@@H]1[C@H]2CCC3(CC3)[C@H]2CN1C(=O)[C@@H](N)C1CCCCC1)C(=O)C(=O)NCC=C. The first-order valence-electron chi connectivity index (χ1n) is 13.6. The minimum absolute atomic E-state index is 0.0491. The lowest BCUT2D eigenvalue weighted by Gasteiger charge is -2.34. The molecule has 4 aliphatic rings. The molecule has 4 N–H and O–H groups in total. The van der Waals surface area contributed by atoms with Gasteiger partial charge in [-0.2, -0.15) is 0 Å². The van der Waals surface area contributed by atoms with Gasteiger partial charge in [0.1, 0.15) is 6.04 Å². The summed E-state index contributed by atoms with van der Waals surface area (Å²) in [4.78, 5) is 54.3. The van der Waals surface area contributed by atoms with Crippen LogP contribution in [0.2, 0.25) is 0 Å². The number of ketones is 1. The summed E-state index contributed by atoms with van der Waals surface area (Å²) in [6.07, 6.45) is 16.7. The van der Waals surface area contributed by atoms with Gasteiger partial charge in [-0.3, -0.25) is 19.2 Å². The second-order valence-electron chi connectivity index (χ2n) is 11.2. The van der Waals surface area contributed by atoms with Crippen molar-refractivity contribution < 1.29 is 19.2 Å². The Labute approximate surface area is 214 Å². The predicted molar refractivity (Wildman–Crippen MR) is 136 cm³/mol. The molecule has 196 valence electrons. The summed E-state index contributed by atoms with van der Waals surface area (Å²) in [6, 6.07) is -2.33. The van der Waals surface area contributed by atoms with Crippen LogP contribution in [-0.2, 0) is 19.2 Å². The van der Waals surface area contributed by atoms with Crippen LogP contribution in [-0.4, -0.2) is 59.6 Å². The van der Waals surface area contributed by atoms with Crippen molar-refractivity contribution in [3.05, 3.63) is 12.7 Å². The zero-order valence-electron chi connectivity index (χ0n) is 21.2. The fraction of sp³-hybridized carbons (Fsp3) is 0.714. The number of hydrogen-bond acceptors (Lipinski definition) is 5.